The first-order valence-electron chi connectivity index (χ1n) is 25.8. The van der Waals surface area contributed by atoms with E-state index in [9.17, 15) is 9.59 Å². The highest BCUT2D eigenvalue weighted by atomic mass is 16.6. The highest BCUT2D eigenvalue weighted by Crippen LogP contribution is 2.14. The van der Waals surface area contributed by atoms with Crippen molar-refractivity contribution >= 4 is 11.9 Å². The number of unbranched alkanes of at least 4 members (excludes halogenated alkanes) is 26. The molecule has 5 nitrogen and oxygen atoms in total. The van der Waals surface area contributed by atoms with Crippen LogP contribution in [0.25, 0.3) is 0 Å². The van der Waals surface area contributed by atoms with Crippen molar-refractivity contribution in [2.75, 3.05) is 19.8 Å². The van der Waals surface area contributed by atoms with E-state index in [1.54, 1.807) is 0 Å². The van der Waals surface area contributed by atoms with Gasteiger partial charge in [-0.05, 0) is 83.5 Å². The molecule has 0 fully saturated rings. The van der Waals surface area contributed by atoms with Gasteiger partial charge in [0, 0.05) is 19.4 Å². The van der Waals surface area contributed by atoms with Crippen molar-refractivity contribution in [3.63, 3.8) is 0 Å². The molecular weight excluding hydrogens is 741 g/mol. The summed E-state index contributed by atoms with van der Waals surface area (Å²) in [5.74, 6) is -0.429. The molecule has 0 aliphatic rings. The van der Waals surface area contributed by atoms with Crippen molar-refractivity contribution < 1.29 is 23.8 Å². The van der Waals surface area contributed by atoms with Crippen LogP contribution in [0.5, 0.6) is 0 Å². The molecule has 1 atom stereocenters. The zero-order valence-corrected chi connectivity index (χ0v) is 40.0. The highest BCUT2D eigenvalue weighted by molar-refractivity contribution is 5.70. The van der Waals surface area contributed by atoms with Crippen molar-refractivity contribution in [1.29, 1.82) is 0 Å². The van der Waals surface area contributed by atoms with Gasteiger partial charge in [0.25, 0.3) is 0 Å². The molecule has 60 heavy (non-hydrogen) atoms. The first-order chi connectivity index (χ1) is 29.6. The lowest BCUT2D eigenvalue weighted by atomic mass is 10.1. The van der Waals surface area contributed by atoms with Crippen LogP contribution in [0.15, 0.2) is 60.8 Å². The maximum Gasteiger partial charge on any atom is 0.306 e. The van der Waals surface area contributed by atoms with Crippen LogP contribution < -0.4 is 0 Å². The molecule has 0 N–H and O–H groups in total. The SMILES string of the molecule is CC/C=C\C/C=C\C/C=C\CCCCCC(=O)OC(COCCCCCCCCCCCCCC)COC(=O)CCCCCCCCCCC/C=C\C/C=C\CCCCC. The van der Waals surface area contributed by atoms with E-state index in [4.69, 9.17) is 14.2 Å². The minimum atomic E-state index is -0.550. The van der Waals surface area contributed by atoms with Crippen LogP contribution in [-0.4, -0.2) is 37.9 Å². The molecule has 0 aromatic rings. The predicted molar refractivity (Wildman–Crippen MR) is 261 cm³/mol. The first kappa shape index (κ1) is 57.6. The van der Waals surface area contributed by atoms with Gasteiger partial charge in [0.1, 0.15) is 6.61 Å². The van der Waals surface area contributed by atoms with Gasteiger partial charge in [-0.15, -0.1) is 0 Å². The molecule has 0 saturated heterocycles. The molecule has 1 unspecified atom stereocenters. The van der Waals surface area contributed by atoms with Crippen LogP contribution in [0.4, 0.5) is 0 Å². The molecule has 0 spiro atoms. The van der Waals surface area contributed by atoms with Crippen LogP contribution in [0, 0.1) is 0 Å². The first-order valence-corrected chi connectivity index (χ1v) is 25.8. The molecule has 0 radical (unpaired) electrons. The summed E-state index contributed by atoms with van der Waals surface area (Å²) in [6, 6.07) is 0. The molecule has 0 rings (SSSR count). The summed E-state index contributed by atoms with van der Waals surface area (Å²) in [6.07, 6.45) is 63.7. The number of allylic oxidation sites excluding steroid dienone is 10. The molecule has 0 aromatic carbocycles. The summed E-state index contributed by atoms with van der Waals surface area (Å²) in [4.78, 5) is 25.4. The number of hydrogen-bond acceptors (Lipinski definition) is 5. The zero-order chi connectivity index (χ0) is 43.5. The van der Waals surface area contributed by atoms with Crippen LogP contribution in [0.2, 0.25) is 0 Å². The largest absolute Gasteiger partial charge is 0.462 e. The fraction of sp³-hybridized carbons (Fsp3) is 0.782. The van der Waals surface area contributed by atoms with Gasteiger partial charge in [0.2, 0.25) is 0 Å². The number of hydrogen-bond donors (Lipinski definition) is 0. The quantitative estimate of drug-likeness (QED) is 0.0347. The Hall–Kier alpha value is -2.40. The summed E-state index contributed by atoms with van der Waals surface area (Å²) in [5, 5.41) is 0. The van der Waals surface area contributed by atoms with Crippen LogP contribution >= 0.6 is 0 Å². The Morgan fingerprint density at radius 3 is 1.25 bits per heavy atom. The van der Waals surface area contributed by atoms with E-state index < -0.39 is 6.10 Å². The highest BCUT2D eigenvalue weighted by Gasteiger charge is 2.17. The summed E-state index contributed by atoms with van der Waals surface area (Å²) in [5.41, 5.74) is 0. The van der Waals surface area contributed by atoms with Gasteiger partial charge in [0.15, 0.2) is 6.10 Å². The Kier molecular flexibility index (Phi) is 48.9. The molecule has 0 aliphatic carbocycles. The normalized spacial score (nSPS) is 12.7. The lowest BCUT2D eigenvalue weighted by Crippen LogP contribution is -2.30. The Balaban J connectivity index is 4.24. The number of esters is 2. The Bertz CT molecular complexity index is 1040. The third-order valence-corrected chi connectivity index (χ3v) is 11.0. The maximum absolute atomic E-state index is 12.8. The topological polar surface area (TPSA) is 61.8 Å². The fourth-order valence-corrected chi connectivity index (χ4v) is 7.20. The molecule has 0 aliphatic heterocycles. The third-order valence-electron chi connectivity index (χ3n) is 11.0. The molecule has 0 saturated carbocycles. The molecule has 0 aromatic heterocycles. The molecule has 0 bridgehead atoms. The van der Waals surface area contributed by atoms with Gasteiger partial charge in [-0.1, -0.05) is 216 Å². The number of rotatable bonds is 47. The van der Waals surface area contributed by atoms with Crippen molar-refractivity contribution in [2.45, 2.75) is 258 Å². The van der Waals surface area contributed by atoms with E-state index in [1.807, 2.05) is 0 Å². The van der Waals surface area contributed by atoms with Crippen LogP contribution in [-0.2, 0) is 23.8 Å². The van der Waals surface area contributed by atoms with Gasteiger partial charge in [-0.3, -0.25) is 9.59 Å². The molecule has 348 valence electrons. The van der Waals surface area contributed by atoms with E-state index in [0.717, 1.165) is 77.0 Å². The van der Waals surface area contributed by atoms with Crippen LogP contribution in [0.3, 0.4) is 0 Å². The van der Waals surface area contributed by atoms with Crippen molar-refractivity contribution in [2.24, 2.45) is 0 Å². The second kappa shape index (κ2) is 51.0. The van der Waals surface area contributed by atoms with Gasteiger partial charge >= 0.3 is 11.9 Å². The van der Waals surface area contributed by atoms with Crippen molar-refractivity contribution in [1.82, 2.24) is 0 Å². The van der Waals surface area contributed by atoms with Crippen molar-refractivity contribution in [3.05, 3.63) is 60.8 Å². The summed E-state index contributed by atoms with van der Waals surface area (Å²) < 4.78 is 17.4. The van der Waals surface area contributed by atoms with Gasteiger partial charge in [-0.2, -0.15) is 0 Å². The Labute approximate surface area is 373 Å². The van der Waals surface area contributed by atoms with Gasteiger partial charge in [-0.25, -0.2) is 0 Å². The fourth-order valence-electron chi connectivity index (χ4n) is 7.20. The molecular formula is C55H98O5. The standard InChI is InChI=1S/C55H98O5/c1-4-7-10-13-16-19-22-25-26-27-28-29-30-32-33-36-39-42-45-48-54(56)59-52-53(51-58-50-47-44-41-38-35-24-21-18-15-12-9-6-3)60-55(57)49-46-43-40-37-34-31-23-20-17-14-11-8-5-2/h8,11,16-17,19-20,25-26,31,34,53H,4-7,9-10,12-15,18,21-24,27-30,32-33,35-52H2,1-3H3/b11-8-,19-16-,20-17-,26-25-,34-31-. The number of ether oxygens (including phenoxy) is 3. The van der Waals surface area contributed by atoms with E-state index in [0.29, 0.717) is 19.4 Å². The number of carbonyl (C=O) groups excluding carboxylic acids is 2. The predicted octanol–water partition coefficient (Wildman–Crippen LogP) is 17.3. The third kappa shape index (κ3) is 48.3. The Morgan fingerprint density at radius 2 is 0.750 bits per heavy atom. The van der Waals surface area contributed by atoms with Crippen LogP contribution in [0.1, 0.15) is 252 Å². The lowest BCUT2D eigenvalue weighted by molar-refractivity contribution is -0.163. The zero-order valence-electron chi connectivity index (χ0n) is 40.0. The van der Waals surface area contributed by atoms with E-state index in [-0.39, 0.29) is 25.2 Å². The average Bonchev–Trinajstić information content (AvgIpc) is 3.25. The number of carbonyl (C=O) groups is 2. The second-order valence-electron chi connectivity index (χ2n) is 17.0. The summed E-state index contributed by atoms with van der Waals surface area (Å²) >= 11 is 0. The van der Waals surface area contributed by atoms with E-state index in [1.165, 1.54) is 141 Å². The molecule has 5 heteroatoms. The van der Waals surface area contributed by atoms with E-state index in [2.05, 4.69) is 81.5 Å². The smallest absolute Gasteiger partial charge is 0.306 e. The monoisotopic (exact) mass is 839 g/mol. The van der Waals surface area contributed by atoms with E-state index >= 15 is 0 Å². The molecule has 0 heterocycles. The average molecular weight is 839 g/mol. The summed E-state index contributed by atoms with van der Waals surface area (Å²) in [6.45, 7) is 7.68. The Morgan fingerprint density at radius 1 is 0.383 bits per heavy atom. The van der Waals surface area contributed by atoms with Crippen molar-refractivity contribution in [3.8, 4) is 0 Å². The van der Waals surface area contributed by atoms with Gasteiger partial charge in [0.05, 0.1) is 6.61 Å². The van der Waals surface area contributed by atoms with Gasteiger partial charge < -0.3 is 14.2 Å². The minimum Gasteiger partial charge on any atom is -0.462 e. The summed E-state index contributed by atoms with van der Waals surface area (Å²) in [7, 11) is 0. The molecule has 0 amide bonds. The lowest BCUT2D eigenvalue weighted by Gasteiger charge is -2.18. The minimum absolute atomic E-state index is 0.0725. The second-order valence-corrected chi connectivity index (χ2v) is 17.0. The maximum atomic E-state index is 12.8.